The highest BCUT2D eigenvalue weighted by molar-refractivity contribution is 5.92. The lowest BCUT2D eigenvalue weighted by Crippen LogP contribution is -2.54. The van der Waals surface area contributed by atoms with Crippen LogP contribution >= 0.6 is 0 Å². The van der Waals surface area contributed by atoms with Crippen LogP contribution in [0.3, 0.4) is 0 Å². The number of nitrogens with one attached hydrogen (secondary N) is 2. The molecule has 0 fully saturated rings. The summed E-state index contributed by atoms with van der Waals surface area (Å²) >= 11 is 0. The molecule has 3 aromatic rings. The summed E-state index contributed by atoms with van der Waals surface area (Å²) in [5, 5.41) is 15.5. The number of carbonyl (C=O) groups excluding carboxylic acids is 3. The molecule has 3 rings (SSSR count). The number of amides is 3. The monoisotopic (exact) mass is 571 g/mol. The van der Waals surface area contributed by atoms with E-state index >= 15 is 0 Å². The summed E-state index contributed by atoms with van der Waals surface area (Å²) < 4.78 is 5.47. The summed E-state index contributed by atoms with van der Waals surface area (Å²) in [6.07, 6.45) is 0.915. The predicted molar refractivity (Wildman–Crippen MR) is 164 cm³/mol. The quantitative estimate of drug-likeness (QED) is 0.263. The molecule has 0 heterocycles. The van der Waals surface area contributed by atoms with Crippen LogP contribution < -0.4 is 10.6 Å². The Morgan fingerprint density at radius 3 is 2.26 bits per heavy atom. The van der Waals surface area contributed by atoms with E-state index < -0.39 is 29.7 Å². The normalized spacial score (nSPS) is 12.5. The van der Waals surface area contributed by atoms with Crippen LogP contribution in [-0.2, 0) is 27.3 Å². The largest absolute Gasteiger partial charge is 0.508 e. The molecule has 0 aromatic heterocycles. The van der Waals surface area contributed by atoms with E-state index in [0.717, 1.165) is 16.7 Å². The van der Waals surface area contributed by atoms with Crippen LogP contribution in [0.1, 0.15) is 54.6 Å². The standard InChI is InChI=1S/C34H41N3O5/c1-7-19-37(32(40)29(36-33(41)42-34(4,5)6)21-25-15-17-27(38)18-16-25)30(28-20-23(2)13-14-24(28)3)31(39)35-22-26-11-9-8-10-12-26/h7-18,20,29-30,38H,1,19,21-22H2,2-6H3,(H,35,39)(H,36,41). The van der Waals surface area contributed by atoms with Gasteiger partial charge < -0.3 is 25.4 Å². The molecule has 0 aliphatic carbocycles. The average molecular weight is 572 g/mol. The van der Waals surface area contributed by atoms with Gasteiger partial charge in [0.1, 0.15) is 23.4 Å². The molecular formula is C34H41N3O5. The predicted octanol–water partition coefficient (Wildman–Crippen LogP) is 5.52. The summed E-state index contributed by atoms with van der Waals surface area (Å²) in [4.78, 5) is 42.7. The molecule has 42 heavy (non-hydrogen) atoms. The third kappa shape index (κ3) is 9.23. The first-order valence-corrected chi connectivity index (χ1v) is 14.0. The van der Waals surface area contributed by atoms with E-state index in [2.05, 4.69) is 17.2 Å². The van der Waals surface area contributed by atoms with Gasteiger partial charge in [0.15, 0.2) is 0 Å². The number of ether oxygens (including phenoxy) is 1. The van der Waals surface area contributed by atoms with Crippen molar-refractivity contribution < 1.29 is 24.2 Å². The first-order chi connectivity index (χ1) is 19.9. The molecule has 3 N–H and O–H groups in total. The van der Waals surface area contributed by atoms with Gasteiger partial charge in [-0.15, -0.1) is 6.58 Å². The third-order valence-electron chi connectivity index (χ3n) is 6.57. The lowest BCUT2D eigenvalue weighted by Gasteiger charge is -2.34. The van der Waals surface area contributed by atoms with E-state index in [1.807, 2.05) is 62.4 Å². The van der Waals surface area contributed by atoms with Crippen molar-refractivity contribution >= 4 is 17.9 Å². The van der Waals surface area contributed by atoms with Crippen molar-refractivity contribution in [3.05, 3.63) is 113 Å². The summed E-state index contributed by atoms with van der Waals surface area (Å²) in [6, 6.07) is 19.6. The molecule has 0 spiro atoms. The maximum absolute atomic E-state index is 14.4. The second-order valence-electron chi connectivity index (χ2n) is 11.3. The molecular weight excluding hydrogens is 530 g/mol. The number of phenolic OH excluding ortho intramolecular Hbond substituents is 1. The molecule has 222 valence electrons. The first kappa shape index (κ1) is 31.9. The minimum atomic E-state index is -1.07. The van der Waals surface area contributed by atoms with Crippen LogP contribution in [0.4, 0.5) is 4.79 Å². The fraction of sp³-hybridized carbons (Fsp3) is 0.324. The summed E-state index contributed by atoms with van der Waals surface area (Å²) in [6.45, 7) is 13.2. The van der Waals surface area contributed by atoms with Crippen molar-refractivity contribution in [2.45, 2.75) is 65.3 Å². The zero-order valence-electron chi connectivity index (χ0n) is 25.0. The third-order valence-corrected chi connectivity index (χ3v) is 6.57. The molecule has 2 unspecified atom stereocenters. The van der Waals surface area contributed by atoms with Gasteiger partial charge in [-0.1, -0.05) is 72.3 Å². The van der Waals surface area contributed by atoms with Crippen molar-refractivity contribution in [1.29, 1.82) is 0 Å². The number of nitrogens with zero attached hydrogens (tertiary/aromatic N) is 1. The highest BCUT2D eigenvalue weighted by Crippen LogP contribution is 2.27. The van der Waals surface area contributed by atoms with E-state index in [9.17, 15) is 19.5 Å². The highest BCUT2D eigenvalue weighted by Gasteiger charge is 2.36. The second-order valence-corrected chi connectivity index (χ2v) is 11.3. The maximum Gasteiger partial charge on any atom is 0.408 e. The van der Waals surface area contributed by atoms with Crippen molar-refractivity contribution in [3.8, 4) is 5.75 Å². The molecule has 0 saturated carbocycles. The number of hydrogen-bond donors (Lipinski definition) is 3. The number of hydrogen-bond acceptors (Lipinski definition) is 5. The van der Waals surface area contributed by atoms with E-state index in [1.54, 1.807) is 39.0 Å². The zero-order valence-corrected chi connectivity index (χ0v) is 25.0. The first-order valence-electron chi connectivity index (χ1n) is 14.0. The highest BCUT2D eigenvalue weighted by atomic mass is 16.6. The molecule has 0 radical (unpaired) electrons. The number of benzene rings is 3. The van der Waals surface area contributed by atoms with Gasteiger partial charge in [-0.25, -0.2) is 4.79 Å². The number of aromatic hydroxyl groups is 1. The van der Waals surface area contributed by atoms with Crippen molar-refractivity contribution in [2.24, 2.45) is 0 Å². The van der Waals surface area contributed by atoms with E-state index in [1.165, 1.54) is 17.0 Å². The Morgan fingerprint density at radius 2 is 1.64 bits per heavy atom. The Labute approximate surface area is 248 Å². The van der Waals surface area contributed by atoms with E-state index in [-0.39, 0.29) is 31.2 Å². The van der Waals surface area contributed by atoms with Gasteiger partial charge in [-0.2, -0.15) is 0 Å². The summed E-state index contributed by atoms with van der Waals surface area (Å²) in [5.41, 5.74) is 3.31. The van der Waals surface area contributed by atoms with Gasteiger partial charge in [0.05, 0.1) is 0 Å². The Balaban J connectivity index is 2.03. The maximum atomic E-state index is 14.4. The minimum Gasteiger partial charge on any atom is -0.508 e. The van der Waals surface area contributed by atoms with Gasteiger partial charge in [-0.3, -0.25) is 9.59 Å². The number of aryl methyl sites for hydroxylation is 2. The molecule has 0 aliphatic heterocycles. The number of rotatable bonds is 11. The molecule has 0 bridgehead atoms. The van der Waals surface area contributed by atoms with Gasteiger partial charge >= 0.3 is 6.09 Å². The smallest absolute Gasteiger partial charge is 0.408 e. The molecule has 0 aliphatic rings. The molecule has 0 saturated heterocycles. The van der Waals surface area contributed by atoms with Crippen LogP contribution in [0.2, 0.25) is 0 Å². The topological polar surface area (TPSA) is 108 Å². The van der Waals surface area contributed by atoms with Crippen LogP contribution in [0, 0.1) is 13.8 Å². The van der Waals surface area contributed by atoms with Crippen LogP contribution in [-0.4, -0.2) is 46.1 Å². The number of alkyl carbamates (subject to hydrolysis) is 1. The Bertz CT molecular complexity index is 1380. The fourth-order valence-corrected chi connectivity index (χ4v) is 4.57. The van der Waals surface area contributed by atoms with Crippen molar-refractivity contribution in [2.75, 3.05) is 6.54 Å². The van der Waals surface area contributed by atoms with Crippen LogP contribution in [0.5, 0.6) is 5.75 Å². The van der Waals surface area contributed by atoms with Crippen molar-refractivity contribution in [1.82, 2.24) is 15.5 Å². The number of phenols is 1. The summed E-state index contributed by atoms with van der Waals surface area (Å²) in [5.74, 6) is -0.752. The molecule has 3 aromatic carbocycles. The van der Waals surface area contributed by atoms with Crippen molar-refractivity contribution in [3.63, 3.8) is 0 Å². The Kier molecular flexibility index (Phi) is 10.9. The second kappa shape index (κ2) is 14.3. The summed E-state index contributed by atoms with van der Waals surface area (Å²) in [7, 11) is 0. The van der Waals surface area contributed by atoms with Gasteiger partial charge in [0, 0.05) is 19.5 Å². The molecule has 8 nitrogen and oxygen atoms in total. The van der Waals surface area contributed by atoms with E-state index in [0.29, 0.717) is 11.1 Å². The van der Waals surface area contributed by atoms with Crippen LogP contribution in [0.15, 0.2) is 85.5 Å². The van der Waals surface area contributed by atoms with Gasteiger partial charge in [-0.05, 0) is 69.0 Å². The lowest BCUT2D eigenvalue weighted by atomic mass is 9.95. The van der Waals surface area contributed by atoms with Gasteiger partial charge in [0.25, 0.3) is 0 Å². The number of carbonyl (C=O) groups is 3. The Hall–Kier alpha value is -4.59. The molecule has 8 heteroatoms. The van der Waals surface area contributed by atoms with E-state index in [4.69, 9.17) is 4.74 Å². The Morgan fingerprint density at radius 1 is 0.976 bits per heavy atom. The SMILES string of the molecule is C=CCN(C(=O)C(Cc1ccc(O)cc1)NC(=O)OC(C)(C)C)C(C(=O)NCc1ccccc1)c1cc(C)ccc1C. The molecule has 3 amide bonds. The fourth-order valence-electron chi connectivity index (χ4n) is 4.57. The molecule has 2 atom stereocenters. The zero-order chi connectivity index (χ0) is 30.9. The lowest BCUT2D eigenvalue weighted by molar-refractivity contribution is -0.141. The van der Waals surface area contributed by atoms with Crippen LogP contribution in [0.25, 0.3) is 0 Å². The minimum absolute atomic E-state index is 0.0533. The van der Waals surface area contributed by atoms with Gasteiger partial charge in [0.2, 0.25) is 11.8 Å². The average Bonchev–Trinajstić information content (AvgIpc) is 2.93.